The molecule has 0 aliphatic heterocycles. The van der Waals surface area contributed by atoms with Crippen molar-refractivity contribution in [3.8, 4) is 0 Å². The number of nitrogens with zero attached hydrogens (tertiary/aromatic N) is 1. The number of hydrogen-bond acceptors (Lipinski definition) is 7. The molecule has 0 bridgehead atoms. The van der Waals surface area contributed by atoms with Crippen molar-refractivity contribution in [2.24, 2.45) is 27.5 Å². The third-order valence-corrected chi connectivity index (χ3v) is 6.99. The second-order valence-corrected chi connectivity index (χ2v) is 9.76. The number of hydrogen-bond donors (Lipinski definition) is 4. The van der Waals surface area contributed by atoms with E-state index in [9.17, 15) is 13.8 Å². The summed E-state index contributed by atoms with van der Waals surface area (Å²) in [7, 11) is -3.58. The van der Waals surface area contributed by atoms with Gasteiger partial charge in [0, 0.05) is 5.38 Å². The van der Waals surface area contributed by atoms with E-state index in [0.29, 0.717) is 30.8 Å². The third-order valence-electron chi connectivity index (χ3n) is 3.37. The predicted octanol–water partition coefficient (Wildman–Crippen LogP) is 1.23. The van der Waals surface area contributed by atoms with Crippen LogP contribution in [0.1, 0.15) is 33.1 Å². The van der Waals surface area contributed by atoms with Gasteiger partial charge in [0.1, 0.15) is 4.21 Å². The maximum absolute atomic E-state index is 13.3. The number of carbonyl (C=O) groups excluding carboxylic acids is 2. The van der Waals surface area contributed by atoms with E-state index in [2.05, 4.69) is 9.08 Å². The summed E-state index contributed by atoms with van der Waals surface area (Å²) in [6.07, 6.45) is 1.24. The Balaban J connectivity index is 3.16. The van der Waals surface area contributed by atoms with E-state index in [-0.39, 0.29) is 10.1 Å². The Morgan fingerprint density at radius 1 is 1.35 bits per heavy atom. The molecule has 2 amide bonds. The molecule has 2 unspecified atom stereocenters. The maximum atomic E-state index is 13.3. The molecule has 7 N–H and O–H groups in total. The van der Waals surface area contributed by atoms with Crippen molar-refractivity contribution < 1.29 is 13.8 Å². The van der Waals surface area contributed by atoms with Gasteiger partial charge in [-0.2, -0.15) is 0 Å². The summed E-state index contributed by atoms with van der Waals surface area (Å²) in [5, 5.41) is 1.86. The molecule has 0 aliphatic rings. The normalized spacial score (nSPS) is 16.0. The summed E-state index contributed by atoms with van der Waals surface area (Å²) in [5.41, 5.74) is 17.0. The van der Waals surface area contributed by atoms with Gasteiger partial charge in [-0.1, -0.05) is 25.4 Å². The zero-order chi connectivity index (χ0) is 19.9. The maximum Gasteiger partial charge on any atom is 0.272 e. The summed E-state index contributed by atoms with van der Waals surface area (Å²) in [6.45, 7) is 4.19. The van der Waals surface area contributed by atoms with Crippen molar-refractivity contribution >= 4 is 44.7 Å². The molecule has 1 rings (SSSR count). The molecule has 0 radical (unpaired) electrons. The highest BCUT2D eigenvalue weighted by molar-refractivity contribution is 7.94. The lowest BCUT2D eigenvalue weighted by molar-refractivity contribution is -0.120. The Morgan fingerprint density at radius 3 is 2.50 bits per heavy atom. The van der Waals surface area contributed by atoms with Crippen LogP contribution in [-0.4, -0.2) is 34.7 Å². The molecule has 11 heteroatoms. The lowest BCUT2D eigenvalue weighted by atomic mass is 10.0. The standard InChI is InChI=1S/C15H26ClN5O3S2/c1-9(2)6-12(19)15(23)21-26(24,13-7-10(16)8-25-13)20-14(22)11(18)4-3-5-17/h7-9,11-12H,3-6,17-19H2,1-2H3,(H,20,21,22,23,24)/t11-,12?,26?/m0/s1. The summed E-state index contributed by atoms with van der Waals surface area (Å²) < 4.78 is 19.5. The molecule has 8 nitrogen and oxygen atoms in total. The van der Waals surface area contributed by atoms with Crippen molar-refractivity contribution in [3.63, 3.8) is 0 Å². The highest BCUT2D eigenvalue weighted by Crippen LogP contribution is 2.25. The average molecular weight is 424 g/mol. The lowest BCUT2D eigenvalue weighted by Gasteiger charge is -2.16. The van der Waals surface area contributed by atoms with Crippen LogP contribution < -0.4 is 21.9 Å². The number of carbonyl (C=O) groups is 2. The van der Waals surface area contributed by atoms with Crippen LogP contribution in [0, 0.1) is 5.92 Å². The number of nitrogens with two attached hydrogens (primary N) is 3. The second kappa shape index (κ2) is 10.3. The zero-order valence-corrected chi connectivity index (χ0v) is 17.2. The molecule has 26 heavy (non-hydrogen) atoms. The van der Waals surface area contributed by atoms with Gasteiger partial charge in [-0.3, -0.25) is 14.3 Å². The SMILES string of the molecule is CC(C)CC(N)C(=O)N=S(=O)(NC(=O)[C@@H](N)CCCN)c1cc(Cl)cs1. The highest BCUT2D eigenvalue weighted by atomic mass is 35.5. The largest absolute Gasteiger partial charge is 0.330 e. The average Bonchev–Trinajstić information content (AvgIpc) is 2.98. The van der Waals surface area contributed by atoms with Crippen molar-refractivity contribution in [3.05, 3.63) is 16.5 Å². The fraction of sp³-hybridized carbons (Fsp3) is 0.600. The molecule has 1 aromatic rings. The molecular weight excluding hydrogens is 398 g/mol. The fourth-order valence-corrected chi connectivity index (χ4v) is 5.14. The van der Waals surface area contributed by atoms with Gasteiger partial charge in [-0.15, -0.1) is 15.7 Å². The van der Waals surface area contributed by atoms with Crippen molar-refractivity contribution in [2.75, 3.05) is 6.54 Å². The third kappa shape index (κ3) is 6.93. The number of nitrogens with one attached hydrogen (secondary N) is 1. The Labute approximate surface area is 163 Å². The van der Waals surface area contributed by atoms with Gasteiger partial charge in [0.25, 0.3) is 5.91 Å². The first-order valence-corrected chi connectivity index (χ1v) is 10.9. The number of rotatable bonds is 9. The number of thiophene rings is 1. The van der Waals surface area contributed by atoms with Gasteiger partial charge >= 0.3 is 0 Å². The Morgan fingerprint density at radius 2 is 2.00 bits per heavy atom. The van der Waals surface area contributed by atoms with Gasteiger partial charge in [0.2, 0.25) is 5.91 Å². The highest BCUT2D eigenvalue weighted by Gasteiger charge is 2.25. The fourth-order valence-electron chi connectivity index (χ4n) is 2.04. The molecule has 3 atom stereocenters. The van der Waals surface area contributed by atoms with Crippen LogP contribution in [0.4, 0.5) is 0 Å². The van der Waals surface area contributed by atoms with Gasteiger partial charge in [-0.25, -0.2) is 4.21 Å². The van der Waals surface area contributed by atoms with Crippen LogP contribution in [0.2, 0.25) is 5.02 Å². The molecule has 148 valence electrons. The number of halogens is 1. The van der Waals surface area contributed by atoms with Crippen LogP contribution >= 0.6 is 22.9 Å². The van der Waals surface area contributed by atoms with E-state index < -0.39 is 33.8 Å². The first-order chi connectivity index (χ1) is 12.1. The topological polar surface area (TPSA) is 154 Å². The summed E-state index contributed by atoms with van der Waals surface area (Å²) in [6, 6.07) is -0.427. The summed E-state index contributed by atoms with van der Waals surface area (Å²) >= 11 is 6.91. The zero-order valence-electron chi connectivity index (χ0n) is 14.8. The smallest absolute Gasteiger partial charge is 0.272 e. The van der Waals surface area contributed by atoms with E-state index >= 15 is 0 Å². The molecule has 1 aromatic heterocycles. The van der Waals surface area contributed by atoms with Crippen LogP contribution in [0.25, 0.3) is 0 Å². The minimum Gasteiger partial charge on any atom is -0.330 e. The van der Waals surface area contributed by atoms with Gasteiger partial charge < -0.3 is 17.2 Å². The van der Waals surface area contributed by atoms with Crippen LogP contribution in [0.3, 0.4) is 0 Å². The molecule has 0 fully saturated rings. The van der Waals surface area contributed by atoms with E-state index in [1.807, 2.05) is 13.8 Å². The number of amides is 2. The Kier molecular flexibility index (Phi) is 9.14. The minimum absolute atomic E-state index is 0.159. The van der Waals surface area contributed by atoms with E-state index in [0.717, 1.165) is 11.3 Å². The lowest BCUT2D eigenvalue weighted by Crippen LogP contribution is -2.44. The molecular formula is C15H26ClN5O3S2. The van der Waals surface area contributed by atoms with Crippen molar-refractivity contribution in [1.82, 2.24) is 4.72 Å². The summed E-state index contributed by atoms with van der Waals surface area (Å²) in [4.78, 5) is 24.6. The van der Waals surface area contributed by atoms with Crippen LogP contribution in [0.15, 0.2) is 20.0 Å². The molecule has 1 heterocycles. The quantitative estimate of drug-likeness (QED) is 0.468. The van der Waals surface area contributed by atoms with Crippen LogP contribution in [-0.2, 0) is 19.5 Å². The van der Waals surface area contributed by atoms with Gasteiger partial charge in [0.15, 0.2) is 9.92 Å². The van der Waals surface area contributed by atoms with E-state index in [1.165, 1.54) is 11.4 Å². The van der Waals surface area contributed by atoms with Gasteiger partial charge in [0.05, 0.1) is 17.1 Å². The van der Waals surface area contributed by atoms with Crippen LogP contribution in [0.5, 0.6) is 0 Å². The first-order valence-electron chi connectivity index (χ1n) is 8.17. The second-order valence-electron chi connectivity index (χ2n) is 6.28. The summed E-state index contributed by atoms with van der Waals surface area (Å²) in [5.74, 6) is -1.26. The predicted molar refractivity (Wildman–Crippen MR) is 105 cm³/mol. The minimum atomic E-state index is -3.58. The molecule has 0 aromatic carbocycles. The van der Waals surface area contributed by atoms with Crippen molar-refractivity contribution in [2.45, 2.75) is 49.4 Å². The molecule has 0 saturated heterocycles. The van der Waals surface area contributed by atoms with Gasteiger partial charge in [-0.05, 0) is 37.8 Å². The van der Waals surface area contributed by atoms with Crippen molar-refractivity contribution in [1.29, 1.82) is 0 Å². The Hall–Kier alpha value is -1.04. The molecule has 0 aliphatic carbocycles. The Bertz CT molecular complexity index is 743. The molecule has 0 spiro atoms. The first kappa shape index (κ1) is 23.0. The monoisotopic (exact) mass is 423 g/mol. The van der Waals surface area contributed by atoms with E-state index in [1.54, 1.807) is 0 Å². The molecule has 0 saturated carbocycles. The van der Waals surface area contributed by atoms with E-state index in [4.69, 9.17) is 28.8 Å².